The van der Waals surface area contributed by atoms with Gasteiger partial charge in [-0.15, -0.1) is 0 Å². The predicted molar refractivity (Wildman–Crippen MR) is 152 cm³/mol. The van der Waals surface area contributed by atoms with E-state index >= 15 is 0 Å². The van der Waals surface area contributed by atoms with Gasteiger partial charge in [-0.05, 0) is 50.1 Å². The Hall–Kier alpha value is -4.99. The third-order valence-corrected chi connectivity index (χ3v) is 6.26. The molecule has 10 heteroatoms. The molecular weight excluding hydrogens is 524 g/mol. The van der Waals surface area contributed by atoms with Crippen molar-refractivity contribution in [1.29, 1.82) is 0 Å². The summed E-state index contributed by atoms with van der Waals surface area (Å²) in [6.07, 6.45) is -0.592. The van der Waals surface area contributed by atoms with E-state index in [9.17, 15) is 24.0 Å². The SMILES string of the molecule is CC(C)(C)OC(=O)NCC(=O)NCc1ccccc1NC(=O)C(Cc1ccccc1)N1C(=O)c2ccccc2C1=O. The molecule has 3 N–H and O–H groups in total. The van der Waals surface area contributed by atoms with E-state index in [0.29, 0.717) is 11.3 Å². The minimum atomic E-state index is -1.12. The van der Waals surface area contributed by atoms with Crippen LogP contribution < -0.4 is 16.0 Å². The van der Waals surface area contributed by atoms with Gasteiger partial charge in [-0.1, -0.05) is 60.7 Å². The predicted octanol–water partition coefficient (Wildman–Crippen LogP) is 3.67. The lowest BCUT2D eigenvalue weighted by molar-refractivity contribution is -0.120. The molecule has 1 aliphatic rings. The molecule has 0 fully saturated rings. The van der Waals surface area contributed by atoms with Crippen molar-refractivity contribution < 1.29 is 28.7 Å². The third kappa shape index (κ3) is 7.36. The van der Waals surface area contributed by atoms with Crippen LogP contribution in [0, 0.1) is 0 Å². The zero-order chi connectivity index (χ0) is 29.6. The summed E-state index contributed by atoms with van der Waals surface area (Å²) in [4.78, 5) is 65.4. The van der Waals surface area contributed by atoms with Gasteiger partial charge < -0.3 is 20.7 Å². The number of amides is 5. The van der Waals surface area contributed by atoms with E-state index in [4.69, 9.17) is 4.74 Å². The molecule has 3 aromatic carbocycles. The summed E-state index contributed by atoms with van der Waals surface area (Å²) in [6.45, 7) is 4.92. The highest BCUT2D eigenvalue weighted by molar-refractivity contribution is 6.23. The minimum absolute atomic E-state index is 0.0572. The fraction of sp³-hybridized carbons (Fsp3) is 0.258. The van der Waals surface area contributed by atoms with Crippen molar-refractivity contribution in [3.63, 3.8) is 0 Å². The molecule has 3 aromatic rings. The maximum absolute atomic E-state index is 13.7. The van der Waals surface area contributed by atoms with Crippen LogP contribution in [0.4, 0.5) is 10.5 Å². The molecule has 10 nitrogen and oxygen atoms in total. The summed E-state index contributed by atoms with van der Waals surface area (Å²) in [6, 6.07) is 21.4. The maximum atomic E-state index is 13.7. The average Bonchev–Trinajstić information content (AvgIpc) is 3.19. The number of imide groups is 1. The number of para-hydroxylation sites is 1. The highest BCUT2D eigenvalue weighted by Crippen LogP contribution is 2.27. The second-order valence-corrected chi connectivity index (χ2v) is 10.5. The van der Waals surface area contributed by atoms with E-state index in [0.717, 1.165) is 10.5 Å². The van der Waals surface area contributed by atoms with Gasteiger partial charge in [0.2, 0.25) is 11.8 Å². The maximum Gasteiger partial charge on any atom is 0.408 e. The number of ether oxygens (including phenoxy) is 1. The molecule has 41 heavy (non-hydrogen) atoms. The number of rotatable bonds is 9. The number of hydrogen-bond acceptors (Lipinski definition) is 6. The van der Waals surface area contributed by atoms with Gasteiger partial charge in [0.25, 0.3) is 11.8 Å². The quantitative estimate of drug-likeness (QED) is 0.345. The van der Waals surface area contributed by atoms with Crippen molar-refractivity contribution in [3.8, 4) is 0 Å². The molecule has 0 saturated heterocycles. The topological polar surface area (TPSA) is 134 Å². The summed E-state index contributed by atoms with van der Waals surface area (Å²) < 4.78 is 5.13. The molecule has 0 spiro atoms. The summed E-state index contributed by atoms with van der Waals surface area (Å²) in [5, 5.41) is 7.95. The van der Waals surface area contributed by atoms with E-state index in [2.05, 4.69) is 16.0 Å². The highest BCUT2D eigenvalue weighted by Gasteiger charge is 2.42. The fourth-order valence-corrected chi connectivity index (χ4v) is 4.36. The summed E-state index contributed by atoms with van der Waals surface area (Å²) in [5.74, 6) is -2.06. The molecule has 0 bridgehead atoms. The zero-order valence-corrected chi connectivity index (χ0v) is 23.1. The second kappa shape index (κ2) is 12.5. The summed E-state index contributed by atoms with van der Waals surface area (Å²) in [7, 11) is 0. The number of carbonyl (C=O) groups excluding carboxylic acids is 5. The summed E-state index contributed by atoms with van der Waals surface area (Å²) in [5.41, 5.74) is 1.60. The van der Waals surface area contributed by atoms with Crippen LogP contribution in [0.3, 0.4) is 0 Å². The van der Waals surface area contributed by atoms with Crippen molar-refractivity contribution in [2.24, 2.45) is 0 Å². The molecule has 1 atom stereocenters. The second-order valence-electron chi connectivity index (χ2n) is 10.5. The Labute approximate surface area is 238 Å². The molecule has 0 saturated carbocycles. The largest absolute Gasteiger partial charge is 0.444 e. The van der Waals surface area contributed by atoms with Crippen molar-refractivity contribution in [2.75, 3.05) is 11.9 Å². The van der Waals surface area contributed by atoms with Crippen LogP contribution in [0.1, 0.15) is 52.6 Å². The number of nitrogens with zero attached hydrogens (tertiary/aromatic N) is 1. The Bertz CT molecular complexity index is 1430. The van der Waals surface area contributed by atoms with Gasteiger partial charge in [0.15, 0.2) is 0 Å². The van der Waals surface area contributed by atoms with E-state index in [1.807, 2.05) is 30.3 Å². The Morgan fingerprint density at radius 3 is 2.02 bits per heavy atom. The number of alkyl carbamates (subject to hydrolysis) is 1. The first-order chi connectivity index (χ1) is 19.5. The minimum Gasteiger partial charge on any atom is -0.444 e. The molecule has 0 radical (unpaired) electrons. The number of hydrogen-bond donors (Lipinski definition) is 3. The number of benzene rings is 3. The first-order valence-electron chi connectivity index (χ1n) is 13.2. The van der Waals surface area contributed by atoms with Crippen LogP contribution in [-0.4, -0.2) is 52.8 Å². The molecule has 212 valence electrons. The lowest BCUT2D eigenvalue weighted by atomic mass is 10.0. The molecule has 1 unspecified atom stereocenters. The van der Waals surface area contributed by atoms with Crippen molar-refractivity contribution in [1.82, 2.24) is 15.5 Å². The molecule has 0 aromatic heterocycles. The van der Waals surface area contributed by atoms with Crippen molar-refractivity contribution >= 4 is 35.4 Å². The first kappa shape index (κ1) is 29.0. The number of fused-ring (bicyclic) bond motifs is 1. The smallest absolute Gasteiger partial charge is 0.408 e. The van der Waals surface area contributed by atoms with E-state index in [1.165, 1.54) is 0 Å². The Balaban J connectivity index is 1.48. The fourth-order valence-electron chi connectivity index (χ4n) is 4.36. The number of carbonyl (C=O) groups is 5. The van der Waals surface area contributed by atoms with Crippen LogP contribution in [-0.2, 0) is 27.3 Å². The first-order valence-corrected chi connectivity index (χ1v) is 13.2. The normalized spacial score (nSPS) is 13.3. The molecule has 4 rings (SSSR count). The Morgan fingerprint density at radius 2 is 1.39 bits per heavy atom. The lowest BCUT2D eigenvalue weighted by Crippen LogP contribution is -2.48. The average molecular weight is 557 g/mol. The number of nitrogens with one attached hydrogen (secondary N) is 3. The Morgan fingerprint density at radius 1 is 0.805 bits per heavy atom. The van der Waals surface area contributed by atoms with Gasteiger partial charge in [0, 0.05) is 18.7 Å². The van der Waals surface area contributed by atoms with E-state index in [1.54, 1.807) is 69.3 Å². The van der Waals surface area contributed by atoms with Gasteiger partial charge in [-0.3, -0.25) is 24.1 Å². The van der Waals surface area contributed by atoms with Crippen LogP contribution in [0.2, 0.25) is 0 Å². The third-order valence-electron chi connectivity index (χ3n) is 6.26. The van der Waals surface area contributed by atoms with Crippen LogP contribution in [0.15, 0.2) is 78.9 Å². The molecule has 5 amide bonds. The van der Waals surface area contributed by atoms with Crippen LogP contribution in [0.25, 0.3) is 0 Å². The molecule has 1 aliphatic heterocycles. The molecule has 0 aliphatic carbocycles. The molecule has 1 heterocycles. The zero-order valence-electron chi connectivity index (χ0n) is 23.1. The van der Waals surface area contributed by atoms with Gasteiger partial charge >= 0.3 is 6.09 Å². The standard InChI is InChI=1S/C31H32N4O6/c1-31(2,3)41-30(40)33-19-26(36)32-18-21-13-7-10-16-24(21)34-27(37)25(17-20-11-5-4-6-12-20)35-28(38)22-14-8-9-15-23(22)29(35)39/h4-16,25H,17-19H2,1-3H3,(H,32,36)(H,33,40)(H,34,37). The van der Waals surface area contributed by atoms with Gasteiger partial charge in [-0.2, -0.15) is 0 Å². The highest BCUT2D eigenvalue weighted by atomic mass is 16.6. The van der Waals surface area contributed by atoms with Crippen molar-refractivity contribution in [2.45, 2.75) is 45.4 Å². The number of anilines is 1. The van der Waals surface area contributed by atoms with E-state index in [-0.39, 0.29) is 30.6 Å². The monoisotopic (exact) mass is 556 g/mol. The summed E-state index contributed by atoms with van der Waals surface area (Å²) >= 11 is 0. The van der Waals surface area contributed by atoms with Gasteiger partial charge in [0.05, 0.1) is 11.1 Å². The van der Waals surface area contributed by atoms with Crippen molar-refractivity contribution in [3.05, 3.63) is 101 Å². The molecular formula is C31H32N4O6. The van der Waals surface area contributed by atoms with Gasteiger partial charge in [0.1, 0.15) is 18.2 Å². The lowest BCUT2D eigenvalue weighted by Gasteiger charge is -2.26. The van der Waals surface area contributed by atoms with E-state index < -0.39 is 41.4 Å². The van der Waals surface area contributed by atoms with Crippen LogP contribution in [0.5, 0.6) is 0 Å². The van der Waals surface area contributed by atoms with Crippen LogP contribution >= 0.6 is 0 Å². The van der Waals surface area contributed by atoms with Gasteiger partial charge in [-0.25, -0.2) is 4.79 Å². The Kier molecular flexibility index (Phi) is 8.81.